The molecule has 1 aliphatic carbocycles. The Morgan fingerprint density at radius 3 is 2.25 bits per heavy atom. The first-order chi connectivity index (χ1) is 7.29. The summed E-state index contributed by atoms with van der Waals surface area (Å²) in [5, 5.41) is 2.70. The lowest BCUT2D eigenvalue weighted by molar-refractivity contribution is -0.122. The van der Waals surface area contributed by atoms with E-state index in [0.717, 1.165) is 19.3 Å². The molecule has 4 heteroatoms. The molecule has 0 atom stereocenters. The molecule has 92 valence electrons. The predicted molar refractivity (Wildman–Crippen MR) is 61.2 cm³/mol. The molecule has 1 N–H and O–H groups in total. The number of carbonyl (C=O) groups excluding carboxylic acids is 2. The van der Waals surface area contributed by atoms with Gasteiger partial charge in [-0.3, -0.25) is 4.79 Å². The molecule has 0 unspecified atom stereocenters. The second kappa shape index (κ2) is 4.44. The molecule has 0 bridgehead atoms. The molecule has 0 aromatic carbocycles. The van der Waals surface area contributed by atoms with Crippen molar-refractivity contribution in [2.75, 3.05) is 0 Å². The Bertz CT molecular complexity index is 287. The van der Waals surface area contributed by atoms with E-state index in [9.17, 15) is 9.59 Å². The van der Waals surface area contributed by atoms with Crippen LogP contribution < -0.4 is 5.32 Å². The Hall–Kier alpha value is -1.06. The van der Waals surface area contributed by atoms with Crippen molar-refractivity contribution < 1.29 is 14.3 Å². The minimum absolute atomic E-state index is 0.126. The number of nitrogens with one attached hydrogen (secondary N) is 1. The Morgan fingerprint density at radius 2 is 1.88 bits per heavy atom. The first-order valence-corrected chi connectivity index (χ1v) is 5.83. The van der Waals surface area contributed by atoms with Gasteiger partial charge >= 0.3 is 6.09 Å². The highest BCUT2D eigenvalue weighted by molar-refractivity contribution is 5.94. The van der Waals surface area contributed by atoms with E-state index in [1.807, 2.05) is 6.92 Å². The largest absolute Gasteiger partial charge is 0.444 e. The topological polar surface area (TPSA) is 55.4 Å². The van der Waals surface area contributed by atoms with Gasteiger partial charge in [0.25, 0.3) is 0 Å². The van der Waals surface area contributed by atoms with E-state index in [-0.39, 0.29) is 5.78 Å². The zero-order valence-corrected chi connectivity index (χ0v) is 10.6. The minimum Gasteiger partial charge on any atom is -0.444 e. The van der Waals surface area contributed by atoms with Gasteiger partial charge in [0.2, 0.25) is 0 Å². The van der Waals surface area contributed by atoms with Crippen LogP contribution in [0.3, 0.4) is 0 Å². The van der Waals surface area contributed by atoms with Gasteiger partial charge in [-0.2, -0.15) is 0 Å². The van der Waals surface area contributed by atoms with Crippen LogP contribution in [0.15, 0.2) is 0 Å². The quantitative estimate of drug-likeness (QED) is 0.802. The maximum absolute atomic E-state index is 11.8. The second-order valence-electron chi connectivity index (χ2n) is 5.38. The number of alkyl carbamates (subject to hydrolysis) is 1. The van der Waals surface area contributed by atoms with E-state index in [2.05, 4.69) is 5.32 Å². The first kappa shape index (κ1) is 13.0. The number of carbonyl (C=O) groups is 2. The molecule has 1 amide bonds. The normalized spacial score (nSPS) is 17.8. The number of rotatable bonds is 4. The monoisotopic (exact) mass is 227 g/mol. The van der Waals surface area contributed by atoms with Gasteiger partial charge < -0.3 is 10.1 Å². The molecule has 1 saturated carbocycles. The van der Waals surface area contributed by atoms with Crippen LogP contribution in [0.1, 0.15) is 53.4 Å². The van der Waals surface area contributed by atoms with Crippen molar-refractivity contribution in [1.82, 2.24) is 5.32 Å². The van der Waals surface area contributed by atoms with Crippen molar-refractivity contribution in [2.24, 2.45) is 0 Å². The minimum atomic E-state index is -0.613. The van der Waals surface area contributed by atoms with Gasteiger partial charge in [-0.05, 0) is 40.0 Å². The van der Waals surface area contributed by atoms with Crippen LogP contribution in [0.25, 0.3) is 0 Å². The van der Waals surface area contributed by atoms with Crippen molar-refractivity contribution >= 4 is 11.9 Å². The van der Waals surface area contributed by atoms with Gasteiger partial charge in [0.1, 0.15) is 11.1 Å². The highest BCUT2D eigenvalue weighted by Crippen LogP contribution is 2.37. The molecule has 1 fully saturated rings. The summed E-state index contributed by atoms with van der Waals surface area (Å²) in [6, 6.07) is 0. The summed E-state index contributed by atoms with van der Waals surface area (Å²) < 4.78 is 5.14. The summed E-state index contributed by atoms with van der Waals surface area (Å²) in [7, 11) is 0. The number of hydrogen-bond donors (Lipinski definition) is 1. The molecule has 0 aliphatic heterocycles. The lowest BCUT2D eigenvalue weighted by atomic mass is 10.1. The van der Waals surface area contributed by atoms with E-state index in [1.54, 1.807) is 20.8 Å². The average Bonchev–Trinajstić information content (AvgIpc) is 2.82. The molecule has 16 heavy (non-hydrogen) atoms. The summed E-state index contributed by atoms with van der Waals surface area (Å²) in [4.78, 5) is 23.3. The Balaban J connectivity index is 2.48. The summed E-state index contributed by atoms with van der Waals surface area (Å²) in [6.07, 6.45) is 2.33. The lowest BCUT2D eigenvalue weighted by Gasteiger charge is -2.22. The molecular formula is C12H21NO3. The standard InChI is InChI=1S/C12H21NO3/c1-5-6-9(14)12(7-8-12)13-10(15)16-11(2,3)4/h5-8H2,1-4H3,(H,13,15). The summed E-state index contributed by atoms with van der Waals surface area (Å²) in [5.74, 6) is 0.126. The Morgan fingerprint density at radius 1 is 1.31 bits per heavy atom. The molecule has 0 saturated heterocycles. The molecule has 1 rings (SSSR count). The molecule has 0 spiro atoms. The summed E-state index contributed by atoms with van der Waals surface area (Å²) >= 11 is 0. The van der Waals surface area contributed by atoms with Crippen molar-refractivity contribution in [1.29, 1.82) is 0 Å². The number of amides is 1. The fraction of sp³-hybridized carbons (Fsp3) is 0.833. The Kier molecular flexibility index (Phi) is 3.61. The van der Waals surface area contributed by atoms with Gasteiger partial charge in [-0.25, -0.2) is 4.79 Å². The number of hydrogen-bond acceptors (Lipinski definition) is 3. The van der Waals surface area contributed by atoms with Gasteiger partial charge in [-0.15, -0.1) is 0 Å². The molecule has 0 heterocycles. The van der Waals surface area contributed by atoms with Crippen LogP contribution in [-0.4, -0.2) is 23.0 Å². The predicted octanol–water partition coefficient (Wildman–Crippen LogP) is 2.41. The van der Waals surface area contributed by atoms with E-state index >= 15 is 0 Å². The van der Waals surface area contributed by atoms with Crippen LogP contribution in [0.2, 0.25) is 0 Å². The van der Waals surface area contributed by atoms with E-state index in [1.165, 1.54) is 0 Å². The second-order valence-corrected chi connectivity index (χ2v) is 5.38. The van der Waals surface area contributed by atoms with E-state index in [4.69, 9.17) is 4.74 Å². The van der Waals surface area contributed by atoms with Crippen LogP contribution >= 0.6 is 0 Å². The van der Waals surface area contributed by atoms with Crippen molar-refractivity contribution in [3.63, 3.8) is 0 Å². The van der Waals surface area contributed by atoms with Crippen molar-refractivity contribution in [3.05, 3.63) is 0 Å². The third-order valence-electron chi connectivity index (χ3n) is 2.50. The van der Waals surface area contributed by atoms with Gasteiger partial charge in [0.15, 0.2) is 5.78 Å². The van der Waals surface area contributed by atoms with Crippen LogP contribution in [0.4, 0.5) is 4.79 Å². The third-order valence-corrected chi connectivity index (χ3v) is 2.50. The zero-order chi connectivity index (χ0) is 12.4. The SMILES string of the molecule is CCCC(=O)C1(NC(=O)OC(C)(C)C)CC1. The van der Waals surface area contributed by atoms with Crippen molar-refractivity contribution in [3.8, 4) is 0 Å². The third kappa shape index (κ3) is 3.51. The van der Waals surface area contributed by atoms with Crippen LogP contribution in [0.5, 0.6) is 0 Å². The first-order valence-electron chi connectivity index (χ1n) is 5.83. The maximum atomic E-state index is 11.8. The number of ketones is 1. The van der Waals surface area contributed by atoms with E-state index in [0.29, 0.717) is 6.42 Å². The lowest BCUT2D eigenvalue weighted by Crippen LogP contribution is -2.45. The Labute approximate surface area is 96.7 Å². The summed E-state index contributed by atoms with van der Waals surface area (Å²) in [5.41, 5.74) is -1.13. The van der Waals surface area contributed by atoms with Crippen molar-refractivity contribution in [2.45, 2.75) is 64.5 Å². The smallest absolute Gasteiger partial charge is 0.408 e. The fourth-order valence-electron chi connectivity index (χ4n) is 1.56. The van der Waals surface area contributed by atoms with Gasteiger partial charge in [0.05, 0.1) is 0 Å². The summed E-state index contributed by atoms with van der Waals surface area (Å²) in [6.45, 7) is 7.38. The highest BCUT2D eigenvalue weighted by atomic mass is 16.6. The molecular weight excluding hydrogens is 206 g/mol. The maximum Gasteiger partial charge on any atom is 0.408 e. The zero-order valence-electron chi connectivity index (χ0n) is 10.6. The number of ether oxygens (including phenoxy) is 1. The fourth-order valence-corrected chi connectivity index (χ4v) is 1.56. The van der Waals surface area contributed by atoms with Gasteiger partial charge in [-0.1, -0.05) is 6.92 Å². The molecule has 0 radical (unpaired) electrons. The average molecular weight is 227 g/mol. The van der Waals surface area contributed by atoms with Crippen LogP contribution in [-0.2, 0) is 9.53 Å². The van der Waals surface area contributed by atoms with Gasteiger partial charge in [0, 0.05) is 6.42 Å². The molecule has 0 aromatic heterocycles. The molecule has 4 nitrogen and oxygen atoms in total. The molecule has 0 aromatic rings. The van der Waals surface area contributed by atoms with E-state index < -0.39 is 17.2 Å². The van der Waals surface area contributed by atoms with Crippen LogP contribution in [0, 0.1) is 0 Å². The molecule has 1 aliphatic rings. The number of Topliss-reactive ketones (excluding diaryl/α,β-unsaturated/α-hetero) is 1. The highest BCUT2D eigenvalue weighted by Gasteiger charge is 2.50.